The molecule has 0 aliphatic carbocycles. The van der Waals surface area contributed by atoms with Crippen LogP contribution < -0.4 is 4.74 Å². The van der Waals surface area contributed by atoms with Crippen molar-refractivity contribution < 1.29 is 17.9 Å². The molecule has 0 N–H and O–H groups in total. The van der Waals surface area contributed by atoms with Gasteiger partial charge in [0.1, 0.15) is 0 Å². The van der Waals surface area contributed by atoms with Crippen LogP contribution in [0.1, 0.15) is 19.4 Å². The molecular formula is C10H12F3NO. The molecule has 0 aliphatic rings. The third-order valence-electron chi connectivity index (χ3n) is 1.66. The van der Waals surface area contributed by atoms with Gasteiger partial charge in [-0.25, -0.2) is 4.98 Å². The standard InChI is InChI=1S/C10H12F3NO/c1-7(2)5-8-3-4-14-9(6-8)15-10(11,12)13/h3-4,6-7H,5H2,1-2H3. The average molecular weight is 219 g/mol. The number of hydrogen-bond acceptors (Lipinski definition) is 2. The molecule has 1 rings (SSSR count). The molecule has 0 atom stereocenters. The molecule has 15 heavy (non-hydrogen) atoms. The number of rotatable bonds is 3. The zero-order chi connectivity index (χ0) is 11.5. The van der Waals surface area contributed by atoms with Gasteiger partial charge >= 0.3 is 6.36 Å². The van der Waals surface area contributed by atoms with Crippen LogP contribution >= 0.6 is 0 Å². The number of halogens is 3. The molecule has 84 valence electrons. The van der Waals surface area contributed by atoms with Crippen molar-refractivity contribution in [2.24, 2.45) is 5.92 Å². The zero-order valence-electron chi connectivity index (χ0n) is 8.51. The molecule has 5 heteroatoms. The maximum absolute atomic E-state index is 11.9. The van der Waals surface area contributed by atoms with E-state index >= 15 is 0 Å². The van der Waals surface area contributed by atoms with Crippen LogP contribution in [-0.2, 0) is 6.42 Å². The molecule has 0 saturated carbocycles. The summed E-state index contributed by atoms with van der Waals surface area (Å²) < 4.78 is 39.3. The van der Waals surface area contributed by atoms with Gasteiger partial charge in [0.05, 0.1) is 0 Å². The first-order chi connectivity index (χ1) is 6.87. The lowest BCUT2D eigenvalue weighted by Gasteiger charge is -2.09. The molecule has 0 saturated heterocycles. The minimum atomic E-state index is -4.68. The molecule has 0 radical (unpaired) electrons. The van der Waals surface area contributed by atoms with Crippen molar-refractivity contribution in [2.45, 2.75) is 26.6 Å². The Morgan fingerprint density at radius 1 is 1.40 bits per heavy atom. The molecule has 0 aromatic carbocycles. The van der Waals surface area contributed by atoms with Crippen molar-refractivity contribution in [1.29, 1.82) is 0 Å². The Hall–Kier alpha value is -1.26. The monoisotopic (exact) mass is 219 g/mol. The van der Waals surface area contributed by atoms with E-state index in [1.807, 2.05) is 13.8 Å². The van der Waals surface area contributed by atoms with Gasteiger partial charge in [-0.15, -0.1) is 13.2 Å². The second-order valence-electron chi connectivity index (χ2n) is 3.65. The lowest BCUT2D eigenvalue weighted by Crippen LogP contribution is -2.18. The molecule has 0 fully saturated rings. The van der Waals surface area contributed by atoms with E-state index in [-0.39, 0.29) is 0 Å². The van der Waals surface area contributed by atoms with Crippen LogP contribution in [0.25, 0.3) is 0 Å². The highest BCUT2D eigenvalue weighted by Crippen LogP contribution is 2.21. The molecule has 0 aliphatic heterocycles. The lowest BCUT2D eigenvalue weighted by molar-refractivity contribution is -0.276. The van der Waals surface area contributed by atoms with Gasteiger partial charge in [-0.3, -0.25) is 0 Å². The summed E-state index contributed by atoms with van der Waals surface area (Å²) in [5.74, 6) is -0.0215. The van der Waals surface area contributed by atoms with Crippen LogP contribution in [0.3, 0.4) is 0 Å². The maximum Gasteiger partial charge on any atom is 0.574 e. The average Bonchev–Trinajstić information content (AvgIpc) is 1.99. The van der Waals surface area contributed by atoms with Crippen LogP contribution in [0.2, 0.25) is 0 Å². The summed E-state index contributed by atoms with van der Waals surface area (Å²) in [5.41, 5.74) is 0.791. The van der Waals surface area contributed by atoms with E-state index in [1.54, 1.807) is 6.07 Å². The number of alkyl halides is 3. The summed E-state index contributed by atoms with van der Waals surface area (Å²) >= 11 is 0. The molecule has 1 heterocycles. The van der Waals surface area contributed by atoms with Crippen LogP contribution in [0.5, 0.6) is 5.88 Å². The van der Waals surface area contributed by atoms with Gasteiger partial charge in [0.15, 0.2) is 0 Å². The Kier molecular flexibility index (Phi) is 3.55. The topological polar surface area (TPSA) is 22.1 Å². The fourth-order valence-electron chi connectivity index (χ4n) is 1.22. The first-order valence-electron chi connectivity index (χ1n) is 4.57. The SMILES string of the molecule is CC(C)Cc1ccnc(OC(F)(F)F)c1. The molecule has 0 bridgehead atoms. The van der Waals surface area contributed by atoms with Gasteiger partial charge in [-0.2, -0.15) is 0 Å². The number of aromatic nitrogens is 1. The van der Waals surface area contributed by atoms with E-state index in [9.17, 15) is 13.2 Å². The predicted octanol–water partition coefficient (Wildman–Crippen LogP) is 3.18. The molecular weight excluding hydrogens is 207 g/mol. The summed E-state index contributed by atoms with van der Waals surface area (Å²) in [7, 11) is 0. The van der Waals surface area contributed by atoms with Crippen molar-refractivity contribution >= 4 is 0 Å². The van der Waals surface area contributed by atoms with Crippen molar-refractivity contribution in [3.05, 3.63) is 23.9 Å². The number of pyridine rings is 1. The summed E-state index contributed by atoms with van der Waals surface area (Å²) in [4.78, 5) is 3.49. The first kappa shape index (κ1) is 11.8. The van der Waals surface area contributed by atoms with Crippen LogP contribution in [0, 0.1) is 5.92 Å². The zero-order valence-corrected chi connectivity index (χ0v) is 8.51. The Bertz CT molecular complexity index is 323. The van der Waals surface area contributed by atoms with Gasteiger partial charge < -0.3 is 4.74 Å². The lowest BCUT2D eigenvalue weighted by atomic mass is 10.0. The third-order valence-corrected chi connectivity index (χ3v) is 1.66. The van der Waals surface area contributed by atoms with Crippen molar-refractivity contribution in [3.8, 4) is 5.88 Å². The predicted molar refractivity (Wildman–Crippen MR) is 49.5 cm³/mol. The van der Waals surface area contributed by atoms with E-state index in [0.29, 0.717) is 12.3 Å². The van der Waals surface area contributed by atoms with Gasteiger partial charge in [0, 0.05) is 12.3 Å². The Labute approximate surface area is 86.1 Å². The van der Waals surface area contributed by atoms with Crippen LogP contribution in [-0.4, -0.2) is 11.3 Å². The fraction of sp³-hybridized carbons (Fsp3) is 0.500. The molecule has 0 unspecified atom stereocenters. The summed E-state index contributed by atoms with van der Waals surface area (Å²) in [5, 5.41) is 0. The van der Waals surface area contributed by atoms with Crippen LogP contribution in [0.4, 0.5) is 13.2 Å². The highest BCUT2D eigenvalue weighted by Gasteiger charge is 2.31. The smallest absolute Gasteiger partial charge is 0.388 e. The highest BCUT2D eigenvalue weighted by molar-refractivity contribution is 5.20. The van der Waals surface area contributed by atoms with E-state index in [4.69, 9.17) is 0 Å². The Morgan fingerprint density at radius 2 is 2.07 bits per heavy atom. The van der Waals surface area contributed by atoms with E-state index < -0.39 is 12.2 Å². The molecule has 0 spiro atoms. The Balaban J connectivity index is 2.74. The van der Waals surface area contributed by atoms with Gasteiger partial charge in [-0.05, 0) is 24.0 Å². The minimum Gasteiger partial charge on any atom is -0.388 e. The van der Waals surface area contributed by atoms with Gasteiger partial charge in [-0.1, -0.05) is 13.8 Å². The Morgan fingerprint density at radius 3 is 2.60 bits per heavy atom. The summed E-state index contributed by atoms with van der Waals surface area (Å²) in [6.45, 7) is 3.98. The maximum atomic E-state index is 11.9. The number of nitrogens with zero attached hydrogens (tertiary/aromatic N) is 1. The fourth-order valence-corrected chi connectivity index (χ4v) is 1.22. The molecule has 0 amide bonds. The largest absolute Gasteiger partial charge is 0.574 e. The quantitative estimate of drug-likeness (QED) is 0.778. The normalized spacial score (nSPS) is 11.9. The summed E-state index contributed by atoms with van der Waals surface area (Å²) in [6, 6.07) is 3.00. The molecule has 2 nitrogen and oxygen atoms in total. The van der Waals surface area contributed by atoms with Crippen molar-refractivity contribution in [2.75, 3.05) is 0 Å². The molecule has 1 aromatic rings. The van der Waals surface area contributed by atoms with Crippen molar-refractivity contribution in [1.82, 2.24) is 4.98 Å². The first-order valence-corrected chi connectivity index (χ1v) is 4.57. The molecule has 1 aromatic heterocycles. The minimum absolute atomic E-state index is 0.381. The van der Waals surface area contributed by atoms with E-state index in [0.717, 1.165) is 5.56 Å². The van der Waals surface area contributed by atoms with E-state index in [2.05, 4.69) is 9.72 Å². The van der Waals surface area contributed by atoms with Crippen LogP contribution in [0.15, 0.2) is 18.3 Å². The van der Waals surface area contributed by atoms with Crippen molar-refractivity contribution in [3.63, 3.8) is 0 Å². The highest BCUT2D eigenvalue weighted by atomic mass is 19.4. The van der Waals surface area contributed by atoms with Gasteiger partial charge in [0.25, 0.3) is 0 Å². The second-order valence-corrected chi connectivity index (χ2v) is 3.65. The number of ether oxygens (including phenoxy) is 1. The summed E-state index contributed by atoms with van der Waals surface area (Å²) in [6.07, 6.45) is -2.65. The third kappa shape index (κ3) is 4.67. The van der Waals surface area contributed by atoms with Gasteiger partial charge in [0.2, 0.25) is 5.88 Å². The van der Waals surface area contributed by atoms with E-state index in [1.165, 1.54) is 12.3 Å². The number of hydrogen-bond donors (Lipinski definition) is 0. The second kappa shape index (κ2) is 4.51.